The van der Waals surface area contributed by atoms with Crippen molar-refractivity contribution in [3.05, 3.63) is 30.3 Å². The van der Waals surface area contributed by atoms with Crippen LogP contribution in [0.25, 0.3) is 10.9 Å². The lowest BCUT2D eigenvalue weighted by atomic mass is 9.83. The van der Waals surface area contributed by atoms with Gasteiger partial charge in [-0.3, -0.25) is 4.79 Å². The molecule has 0 bridgehead atoms. The number of rotatable bonds is 6. The van der Waals surface area contributed by atoms with Crippen molar-refractivity contribution in [1.82, 2.24) is 20.7 Å². The van der Waals surface area contributed by atoms with Crippen LogP contribution in [0, 0.1) is 17.2 Å². The van der Waals surface area contributed by atoms with Gasteiger partial charge in [-0.05, 0) is 77.3 Å². The number of amides is 1. The molecule has 236 valence electrons. The second-order valence-corrected chi connectivity index (χ2v) is 13.4. The predicted molar refractivity (Wildman–Crippen MR) is 164 cm³/mol. The lowest BCUT2D eigenvalue weighted by Gasteiger charge is -2.47. The summed E-state index contributed by atoms with van der Waals surface area (Å²) in [5.74, 6) is 0.136. The fourth-order valence-electron chi connectivity index (χ4n) is 6.93. The van der Waals surface area contributed by atoms with Crippen LogP contribution in [-0.4, -0.2) is 90.3 Å². The summed E-state index contributed by atoms with van der Waals surface area (Å²) in [5, 5.41) is 19.5. The largest absolute Gasteiger partial charge is 0.458 e. The molecule has 1 amide bonds. The normalized spacial score (nSPS) is 31.2. The molecule has 1 aromatic heterocycles. The van der Waals surface area contributed by atoms with Gasteiger partial charge in [-0.25, -0.2) is 20.2 Å². The van der Waals surface area contributed by atoms with Crippen molar-refractivity contribution in [2.24, 2.45) is 5.92 Å². The smallest absolute Gasteiger partial charge is 0.335 e. The number of anilines is 2. The number of esters is 1. The number of fused-ring (bicyclic) bond motifs is 2. The van der Waals surface area contributed by atoms with Crippen LogP contribution >= 0.6 is 0 Å². The number of nitriles is 1. The van der Waals surface area contributed by atoms with Gasteiger partial charge >= 0.3 is 5.97 Å². The minimum Gasteiger partial charge on any atom is -0.458 e. The molecule has 12 heteroatoms. The third-order valence-corrected chi connectivity index (χ3v) is 9.00. The summed E-state index contributed by atoms with van der Waals surface area (Å²) in [4.78, 5) is 33.1. The molecule has 6 atom stereocenters. The molecule has 44 heavy (non-hydrogen) atoms. The van der Waals surface area contributed by atoms with Gasteiger partial charge in [0, 0.05) is 36.7 Å². The Morgan fingerprint density at radius 2 is 2.09 bits per heavy atom. The molecule has 6 rings (SSSR count). The lowest BCUT2D eigenvalue weighted by molar-refractivity contribution is -0.180. The zero-order valence-corrected chi connectivity index (χ0v) is 26.0. The average Bonchev–Trinajstić information content (AvgIpc) is 3.36. The van der Waals surface area contributed by atoms with Gasteiger partial charge in [0.15, 0.2) is 6.10 Å². The number of morpholine rings is 1. The van der Waals surface area contributed by atoms with Crippen molar-refractivity contribution in [2.75, 3.05) is 43.1 Å². The van der Waals surface area contributed by atoms with Crippen LogP contribution in [0.1, 0.15) is 53.4 Å². The SMILES string of the molecule is C[C@H]1CN(c2ccc3cc(NC4NN([C@]5(CC#N)CC[C@@H](C(=O)OC(C)(C)C)OC5)C5CCNC(=O)C45)ccc3n2)CCO1. The Balaban J connectivity index is 1.20. The minimum absolute atomic E-state index is 0.0314. The molecule has 12 nitrogen and oxygen atoms in total. The zero-order valence-electron chi connectivity index (χ0n) is 26.0. The average molecular weight is 606 g/mol. The van der Waals surface area contributed by atoms with E-state index in [4.69, 9.17) is 19.2 Å². The van der Waals surface area contributed by atoms with Gasteiger partial charge in [0.05, 0.1) is 48.8 Å². The van der Waals surface area contributed by atoms with E-state index >= 15 is 0 Å². The van der Waals surface area contributed by atoms with E-state index < -0.39 is 23.4 Å². The van der Waals surface area contributed by atoms with Gasteiger partial charge in [-0.1, -0.05) is 0 Å². The molecule has 0 saturated carbocycles. The van der Waals surface area contributed by atoms with Crippen molar-refractivity contribution < 1.29 is 23.8 Å². The van der Waals surface area contributed by atoms with E-state index in [-0.39, 0.29) is 43.0 Å². The van der Waals surface area contributed by atoms with E-state index in [9.17, 15) is 14.9 Å². The van der Waals surface area contributed by atoms with Crippen LogP contribution < -0.4 is 21.0 Å². The molecule has 0 spiro atoms. The Bertz CT molecular complexity index is 1430. The fraction of sp³-hybridized carbons (Fsp3) is 0.625. The maximum atomic E-state index is 13.3. The van der Waals surface area contributed by atoms with Gasteiger partial charge in [0.2, 0.25) is 5.91 Å². The zero-order chi connectivity index (χ0) is 31.1. The lowest BCUT2D eigenvalue weighted by Crippen LogP contribution is -2.63. The Morgan fingerprint density at radius 1 is 1.25 bits per heavy atom. The van der Waals surface area contributed by atoms with Crippen molar-refractivity contribution in [3.63, 3.8) is 0 Å². The van der Waals surface area contributed by atoms with Crippen molar-refractivity contribution in [2.45, 2.75) is 88.9 Å². The first-order chi connectivity index (χ1) is 21.0. The number of hydrazine groups is 1. The number of nitrogens with one attached hydrogen (secondary N) is 3. The number of piperidine rings is 1. The highest BCUT2D eigenvalue weighted by Gasteiger charge is 2.56. The van der Waals surface area contributed by atoms with Crippen molar-refractivity contribution in [3.8, 4) is 6.07 Å². The molecule has 3 unspecified atom stereocenters. The van der Waals surface area contributed by atoms with E-state index in [0.717, 1.165) is 41.9 Å². The summed E-state index contributed by atoms with van der Waals surface area (Å²) >= 11 is 0. The number of ether oxygens (including phenoxy) is 3. The quantitative estimate of drug-likeness (QED) is 0.419. The summed E-state index contributed by atoms with van der Waals surface area (Å²) in [6.45, 7) is 10.6. The maximum Gasteiger partial charge on any atom is 0.335 e. The van der Waals surface area contributed by atoms with Crippen LogP contribution in [0.2, 0.25) is 0 Å². The number of benzene rings is 1. The summed E-state index contributed by atoms with van der Waals surface area (Å²) in [5.41, 5.74) is 4.04. The third-order valence-electron chi connectivity index (χ3n) is 9.00. The molecular formula is C32H43N7O5. The number of carbonyl (C=O) groups excluding carboxylic acids is 2. The molecule has 4 aliphatic heterocycles. The van der Waals surface area contributed by atoms with Gasteiger partial charge in [0.25, 0.3) is 0 Å². The summed E-state index contributed by atoms with van der Waals surface area (Å²) in [7, 11) is 0. The minimum atomic E-state index is -0.690. The van der Waals surface area contributed by atoms with Crippen LogP contribution in [0.3, 0.4) is 0 Å². The number of aromatic nitrogens is 1. The van der Waals surface area contributed by atoms with E-state index in [1.165, 1.54) is 0 Å². The van der Waals surface area contributed by atoms with E-state index in [1.54, 1.807) is 0 Å². The van der Waals surface area contributed by atoms with E-state index in [2.05, 4.69) is 45.0 Å². The van der Waals surface area contributed by atoms with E-state index in [0.29, 0.717) is 26.0 Å². The highest BCUT2D eigenvalue weighted by atomic mass is 16.6. The summed E-state index contributed by atoms with van der Waals surface area (Å²) in [6, 6.07) is 12.4. The summed E-state index contributed by atoms with van der Waals surface area (Å²) in [6.07, 6.45) is 1.01. The second-order valence-electron chi connectivity index (χ2n) is 13.4. The fourth-order valence-corrected chi connectivity index (χ4v) is 6.93. The number of pyridine rings is 1. The van der Waals surface area contributed by atoms with Crippen molar-refractivity contribution >= 4 is 34.3 Å². The topological polar surface area (TPSA) is 141 Å². The molecule has 0 aliphatic carbocycles. The molecule has 4 saturated heterocycles. The first-order valence-electron chi connectivity index (χ1n) is 15.6. The molecule has 0 radical (unpaired) electrons. The first-order valence-corrected chi connectivity index (χ1v) is 15.6. The number of hydrogen-bond donors (Lipinski definition) is 3. The van der Waals surface area contributed by atoms with Gasteiger partial charge in [0.1, 0.15) is 17.6 Å². The first kappa shape index (κ1) is 30.5. The van der Waals surface area contributed by atoms with E-state index in [1.807, 2.05) is 45.0 Å². The highest BCUT2D eigenvalue weighted by Crippen LogP contribution is 2.40. The van der Waals surface area contributed by atoms with Gasteiger partial charge in [-0.15, -0.1) is 0 Å². The Hall–Kier alpha value is -3.50. The molecule has 4 fully saturated rings. The highest BCUT2D eigenvalue weighted by molar-refractivity contribution is 5.85. The standard InChI is InChI=1S/C32H43N7O5/c1-20-18-38(15-16-42-20)26-8-5-21-17-22(6-7-23(21)36-26)35-28-27-24(10-14-34-29(27)40)39(37-28)32(12-13-33)11-9-25(43-19-32)30(41)44-31(2,3)4/h5-8,17,20,24-25,27-28,35,37H,9-12,14-16,18-19H2,1-4H3,(H,34,40)/t20-,24?,25-,27?,28?,32-/m0/s1. The van der Waals surface area contributed by atoms with Crippen LogP contribution in [0.4, 0.5) is 11.5 Å². The van der Waals surface area contributed by atoms with Crippen molar-refractivity contribution in [1.29, 1.82) is 5.26 Å². The monoisotopic (exact) mass is 605 g/mol. The summed E-state index contributed by atoms with van der Waals surface area (Å²) < 4.78 is 17.3. The molecule has 1 aromatic carbocycles. The number of carbonyl (C=O) groups is 2. The number of nitrogens with zero attached hydrogens (tertiary/aromatic N) is 4. The Labute approximate surface area is 258 Å². The Morgan fingerprint density at radius 3 is 2.82 bits per heavy atom. The van der Waals surface area contributed by atoms with Crippen LogP contribution in [0.15, 0.2) is 30.3 Å². The van der Waals surface area contributed by atoms with Gasteiger partial charge < -0.3 is 29.7 Å². The number of hydrogen-bond acceptors (Lipinski definition) is 11. The van der Waals surface area contributed by atoms with Gasteiger partial charge in [-0.2, -0.15) is 5.26 Å². The second kappa shape index (κ2) is 12.1. The maximum absolute atomic E-state index is 13.3. The van der Waals surface area contributed by atoms with Crippen LogP contribution in [-0.2, 0) is 23.8 Å². The molecular weight excluding hydrogens is 562 g/mol. The molecule has 3 N–H and O–H groups in total. The molecule has 5 heterocycles. The molecule has 2 aromatic rings. The Kier molecular flexibility index (Phi) is 8.41. The third kappa shape index (κ3) is 6.19. The molecule has 4 aliphatic rings. The predicted octanol–water partition coefficient (Wildman–Crippen LogP) is 2.70. The van der Waals surface area contributed by atoms with Crippen LogP contribution in [0.5, 0.6) is 0 Å².